The highest BCUT2D eigenvalue weighted by molar-refractivity contribution is 5.76. The van der Waals surface area contributed by atoms with Crippen molar-refractivity contribution in [1.82, 2.24) is 10.2 Å². The Balaban J connectivity index is 2.32. The molecule has 3 heteroatoms. The number of nitrogens with one attached hydrogen (secondary N) is 1. The van der Waals surface area contributed by atoms with Gasteiger partial charge < -0.3 is 10.2 Å². The second-order valence-corrected chi connectivity index (χ2v) is 4.22. The maximum atomic E-state index is 11.9. The highest BCUT2D eigenvalue weighted by Crippen LogP contribution is 2.23. The van der Waals surface area contributed by atoms with Crippen LogP contribution in [0, 0.1) is 0 Å². The molecule has 0 aliphatic heterocycles. The van der Waals surface area contributed by atoms with E-state index < -0.39 is 0 Å². The first kappa shape index (κ1) is 12.5. The molecule has 0 aromatic carbocycles. The van der Waals surface area contributed by atoms with E-state index in [1.54, 1.807) is 0 Å². The van der Waals surface area contributed by atoms with Crippen molar-refractivity contribution in [3.8, 4) is 0 Å². The number of hydrogen-bond donors (Lipinski definition) is 1. The zero-order valence-electron chi connectivity index (χ0n) is 10.1. The lowest BCUT2D eigenvalue weighted by molar-refractivity contribution is -0.133. The van der Waals surface area contributed by atoms with Gasteiger partial charge in [-0.1, -0.05) is 19.8 Å². The molecule has 0 saturated heterocycles. The lowest BCUT2D eigenvalue weighted by Gasteiger charge is -2.27. The van der Waals surface area contributed by atoms with Crippen molar-refractivity contribution < 1.29 is 4.79 Å². The fourth-order valence-electron chi connectivity index (χ4n) is 2.37. The van der Waals surface area contributed by atoms with Crippen LogP contribution in [-0.2, 0) is 4.79 Å². The largest absolute Gasteiger partial charge is 0.340 e. The molecule has 1 aliphatic carbocycles. The minimum atomic E-state index is 0.324. The Hall–Kier alpha value is -0.570. The van der Waals surface area contributed by atoms with E-state index in [-0.39, 0.29) is 0 Å². The average Bonchev–Trinajstić information content (AvgIpc) is 2.73. The summed E-state index contributed by atoms with van der Waals surface area (Å²) in [6.07, 6.45) is 5.66. The Labute approximate surface area is 93.2 Å². The molecular formula is C12H24N2O. The van der Waals surface area contributed by atoms with Gasteiger partial charge in [-0.2, -0.15) is 0 Å². The van der Waals surface area contributed by atoms with Crippen LogP contribution in [-0.4, -0.2) is 36.5 Å². The fraction of sp³-hybridized carbons (Fsp3) is 0.917. The summed E-state index contributed by atoms with van der Waals surface area (Å²) in [7, 11) is 0. The van der Waals surface area contributed by atoms with Crippen LogP contribution in [0.1, 0.15) is 46.0 Å². The predicted molar refractivity (Wildman–Crippen MR) is 62.8 cm³/mol. The van der Waals surface area contributed by atoms with Gasteiger partial charge in [0.15, 0.2) is 0 Å². The summed E-state index contributed by atoms with van der Waals surface area (Å²) in [4.78, 5) is 14.0. The summed E-state index contributed by atoms with van der Waals surface area (Å²) in [6.45, 7) is 6.79. The van der Waals surface area contributed by atoms with Gasteiger partial charge in [0, 0.05) is 25.6 Å². The van der Waals surface area contributed by atoms with Crippen molar-refractivity contribution in [2.45, 2.75) is 52.0 Å². The summed E-state index contributed by atoms with van der Waals surface area (Å²) in [5.41, 5.74) is 0. The molecule has 88 valence electrons. The number of amides is 1. The Morgan fingerprint density at radius 3 is 2.53 bits per heavy atom. The molecule has 3 nitrogen and oxygen atoms in total. The van der Waals surface area contributed by atoms with E-state index in [0.29, 0.717) is 18.4 Å². The minimum absolute atomic E-state index is 0.324. The van der Waals surface area contributed by atoms with Gasteiger partial charge in [0.1, 0.15) is 0 Å². The summed E-state index contributed by atoms with van der Waals surface area (Å²) >= 11 is 0. The smallest absolute Gasteiger partial charge is 0.224 e. The van der Waals surface area contributed by atoms with Gasteiger partial charge >= 0.3 is 0 Å². The Morgan fingerprint density at radius 1 is 1.33 bits per heavy atom. The number of rotatable bonds is 6. The van der Waals surface area contributed by atoms with Crippen LogP contribution in [0.3, 0.4) is 0 Å². The SMILES string of the molecule is CCNCCC(=O)N(CC)C1CCCC1. The standard InChI is InChI=1S/C12H24N2O/c1-3-13-10-9-12(15)14(4-2)11-7-5-6-8-11/h11,13H,3-10H2,1-2H3. The van der Waals surface area contributed by atoms with Gasteiger partial charge in [0.25, 0.3) is 0 Å². The molecule has 0 atom stereocenters. The molecule has 1 amide bonds. The van der Waals surface area contributed by atoms with Gasteiger partial charge in [0.05, 0.1) is 0 Å². The van der Waals surface area contributed by atoms with E-state index in [4.69, 9.17) is 0 Å². The molecule has 0 aromatic heterocycles. The summed E-state index contributed by atoms with van der Waals surface area (Å²) in [6, 6.07) is 0.532. The number of nitrogens with zero attached hydrogens (tertiary/aromatic N) is 1. The van der Waals surface area contributed by atoms with Gasteiger partial charge in [-0.3, -0.25) is 4.79 Å². The molecule has 0 spiro atoms. The first-order valence-corrected chi connectivity index (χ1v) is 6.29. The topological polar surface area (TPSA) is 32.3 Å². The van der Waals surface area contributed by atoms with E-state index in [1.807, 2.05) is 0 Å². The minimum Gasteiger partial charge on any atom is -0.340 e. The predicted octanol–water partition coefficient (Wildman–Crippen LogP) is 1.78. The molecule has 1 fully saturated rings. The van der Waals surface area contributed by atoms with E-state index in [0.717, 1.165) is 19.6 Å². The second kappa shape index (κ2) is 6.83. The maximum Gasteiger partial charge on any atom is 0.224 e. The molecule has 1 aliphatic rings. The molecule has 1 N–H and O–H groups in total. The lowest BCUT2D eigenvalue weighted by atomic mass is 10.2. The third-order valence-corrected chi connectivity index (χ3v) is 3.19. The Kier molecular flexibility index (Phi) is 5.69. The highest BCUT2D eigenvalue weighted by atomic mass is 16.2. The monoisotopic (exact) mass is 212 g/mol. The van der Waals surface area contributed by atoms with Crippen molar-refractivity contribution in [3.05, 3.63) is 0 Å². The van der Waals surface area contributed by atoms with Crippen LogP contribution in [0.15, 0.2) is 0 Å². The third kappa shape index (κ3) is 3.82. The van der Waals surface area contributed by atoms with Gasteiger partial charge in [-0.15, -0.1) is 0 Å². The van der Waals surface area contributed by atoms with Crippen molar-refractivity contribution in [1.29, 1.82) is 0 Å². The number of carbonyl (C=O) groups excluding carboxylic acids is 1. The molecule has 15 heavy (non-hydrogen) atoms. The van der Waals surface area contributed by atoms with E-state index in [1.165, 1.54) is 25.7 Å². The quantitative estimate of drug-likeness (QED) is 0.681. The van der Waals surface area contributed by atoms with Crippen molar-refractivity contribution in [2.75, 3.05) is 19.6 Å². The summed E-state index contributed by atoms with van der Waals surface area (Å²) in [5.74, 6) is 0.324. The van der Waals surface area contributed by atoms with Crippen LogP contribution in [0.5, 0.6) is 0 Å². The molecule has 0 unspecified atom stereocenters. The summed E-state index contributed by atoms with van der Waals surface area (Å²) in [5, 5.41) is 3.20. The molecular weight excluding hydrogens is 188 g/mol. The average molecular weight is 212 g/mol. The second-order valence-electron chi connectivity index (χ2n) is 4.22. The molecule has 0 radical (unpaired) electrons. The van der Waals surface area contributed by atoms with Crippen LogP contribution in [0.25, 0.3) is 0 Å². The van der Waals surface area contributed by atoms with Crippen LogP contribution >= 0.6 is 0 Å². The first-order valence-electron chi connectivity index (χ1n) is 6.29. The fourth-order valence-corrected chi connectivity index (χ4v) is 2.37. The van der Waals surface area contributed by atoms with Gasteiger partial charge in [-0.25, -0.2) is 0 Å². The number of hydrogen-bond acceptors (Lipinski definition) is 2. The highest BCUT2D eigenvalue weighted by Gasteiger charge is 2.24. The van der Waals surface area contributed by atoms with Gasteiger partial charge in [-0.05, 0) is 26.3 Å². The van der Waals surface area contributed by atoms with Crippen LogP contribution in [0.2, 0.25) is 0 Å². The normalized spacial score (nSPS) is 16.9. The zero-order valence-corrected chi connectivity index (χ0v) is 10.1. The van der Waals surface area contributed by atoms with E-state index in [2.05, 4.69) is 24.1 Å². The van der Waals surface area contributed by atoms with E-state index >= 15 is 0 Å². The van der Waals surface area contributed by atoms with Gasteiger partial charge in [0.2, 0.25) is 5.91 Å². The third-order valence-electron chi connectivity index (χ3n) is 3.19. The Morgan fingerprint density at radius 2 is 2.00 bits per heavy atom. The zero-order chi connectivity index (χ0) is 11.1. The summed E-state index contributed by atoms with van der Waals surface area (Å²) < 4.78 is 0. The van der Waals surface area contributed by atoms with Crippen molar-refractivity contribution in [3.63, 3.8) is 0 Å². The Bertz CT molecular complexity index is 188. The van der Waals surface area contributed by atoms with Crippen LogP contribution in [0.4, 0.5) is 0 Å². The molecule has 0 bridgehead atoms. The maximum absolute atomic E-state index is 11.9. The lowest BCUT2D eigenvalue weighted by Crippen LogP contribution is -2.39. The van der Waals surface area contributed by atoms with Crippen LogP contribution < -0.4 is 5.32 Å². The molecule has 1 saturated carbocycles. The van der Waals surface area contributed by atoms with E-state index in [9.17, 15) is 4.79 Å². The first-order chi connectivity index (χ1) is 7.29. The molecule has 1 rings (SSSR count). The van der Waals surface area contributed by atoms with Crippen molar-refractivity contribution in [2.24, 2.45) is 0 Å². The van der Waals surface area contributed by atoms with Crippen molar-refractivity contribution >= 4 is 5.91 Å². The number of carbonyl (C=O) groups is 1. The molecule has 0 aromatic rings. The molecule has 0 heterocycles.